The number of benzene rings is 1. The van der Waals surface area contributed by atoms with Crippen molar-refractivity contribution in [3.8, 4) is 0 Å². The molecule has 0 saturated heterocycles. The van der Waals surface area contributed by atoms with Crippen molar-refractivity contribution in [2.75, 3.05) is 5.32 Å². The van der Waals surface area contributed by atoms with Crippen LogP contribution in [0.1, 0.15) is 17.0 Å². The number of nitrogens with one attached hydrogen (secondary N) is 1. The van der Waals surface area contributed by atoms with E-state index in [1.807, 2.05) is 0 Å². The predicted octanol–water partition coefficient (Wildman–Crippen LogP) is 4.67. The highest BCUT2D eigenvalue weighted by molar-refractivity contribution is 6.32. The van der Waals surface area contributed by atoms with Gasteiger partial charge in [0.15, 0.2) is 0 Å². The van der Waals surface area contributed by atoms with Crippen LogP contribution < -0.4 is 5.32 Å². The van der Waals surface area contributed by atoms with Gasteiger partial charge in [-0.25, -0.2) is 0 Å². The van der Waals surface area contributed by atoms with Crippen molar-refractivity contribution in [2.45, 2.75) is 19.6 Å². The lowest BCUT2D eigenvalue weighted by Gasteiger charge is -2.12. The average Bonchev–Trinajstić information content (AvgIpc) is 2.61. The largest absolute Gasteiger partial charge is 0.417 e. The minimum Gasteiger partial charge on any atom is -0.379 e. The van der Waals surface area contributed by atoms with E-state index in [9.17, 15) is 13.2 Å². The Morgan fingerprint density at radius 1 is 1.29 bits per heavy atom. The van der Waals surface area contributed by atoms with Crippen molar-refractivity contribution >= 4 is 28.9 Å². The molecule has 0 aliphatic carbocycles. The second kappa shape index (κ2) is 5.77. The topological polar surface area (TPSA) is 29.9 Å². The fourth-order valence-corrected chi connectivity index (χ4v) is 2.36. The molecular formula is C13H12Cl2F3N3. The maximum absolute atomic E-state index is 12.8. The van der Waals surface area contributed by atoms with Crippen LogP contribution in [0, 0.1) is 6.92 Å². The van der Waals surface area contributed by atoms with Gasteiger partial charge >= 0.3 is 6.18 Å². The van der Waals surface area contributed by atoms with Gasteiger partial charge in [0.05, 0.1) is 33.5 Å². The smallest absolute Gasteiger partial charge is 0.379 e. The Bertz CT molecular complexity index is 665. The lowest BCUT2D eigenvalue weighted by Crippen LogP contribution is -2.09. The van der Waals surface area contributed by atoms with Crippen LogP contribution in [0.25, 0.3) is 0 Å². The molecular weight excluding hydrogens is 326 g/mol. The van der Waals surface area contributed by atoms with E-state index in [1.54, 1.807) is 18.7 Å². The summed E-state index contributed by atoms with van der Waals surface area (Å²) in [5.41, 5.74) is 0.795. The molecule has 3 nitrogen and oxygen atoms in total. The zero-order valence-electron chi connectivity index (χ0n) is 11.2. The molecule has 0 bridgehead atoms. The van der Waals surface area contributed by atoms with E-state index < -0.39 is 11.7 Å². The standard InChI is InChI=1S/C13H12Cl2F3N3/c1-7-12(15)11(21(2)20-7)6-19-8-3-4-10(14)9(5-8)13(16,17)18/h3-5,19H,6H2,1-2H3. The van der Waals surface area contributed by atoms with Gasteiger partial charge in [-0.2, -0.15) is 18.3 Å². The number of halogens is 5. The van der Waals surface area contributed by atoms with Gasteiger partial charge in [0.1, 0.15) is 0 Å². The summed E-state index contributed by atoms with van der Waals surface area (Å²) >= 11 is 11.7. The molecule has 1 heterocycles. The van der Waals surface area contributed by atoms with Crippen molar-refractivity contribution in [3.05, 3.63) is 45.2 Å². The van der Waals surface area contributed by atoms with E-state index >= 15 is 0 Å². The number of hydrogen-bond acceptors (Lipinski definition) is 2. The van der Waals surface area contributed by atoms with Gasteiger partial charge in [0.25, 0.3) is 0 Å². The highest BCUT2D eigenvalue weighted by atomic mass is 35.5. The summed E-state index contributed by atoms with van der Waals surface area (Å²) in [5, 5.41) is 7.19. The summed E-state index contributed by atoms with van der Waals surface area (Å²) < 4.78 is 39.9. The Kier molecular flexibility index (Phi) is 4.39. The quantitative estimate of drug-likeness (QED) is 0.882. The zero-order chi connectivity index (χ0) is 15.8. The summed E-state index contributed by atoms with van der Waals surface area (Å²) in [6, 6.07) is 3.66. The summed E-state index contributed by atoms with van der Waals surface area (Å²) in [5.74, 6) is 0. The Hall–Kier alpha value is -1.40. The molecule has 2 rings (SSSR count). The molecule has 0 saturated carbocycles. The van der Waals surface area contributed by atoms with E-state index in [-0.39, 0.29) is 11.6 Å². The van der Waals surface area contributed by atoms with Crippen molar-refractivity contribution in [1.82, 2.24) is 9.78 Å². The van der Waals surface area contributed by atoms with Crippen LogP contribution in [-0.2, 0) is 19.8 Å². The van der Waals surface area contributed by atoms with Gasteiger partial charge < -0.3 is 5.32 Å². The van der Waals surface area contributed by atoms with Gasteiger partial charge in [-0.15, -0.1) is 0 Å². The molecule has 0 atom stereocenters. The summed E-state index contributed by atoms with van der Waals surface area (Å²) in [7, 11) is 1.72. The number of alkyl halides is 3. The van der Waals surface area contributed by atoms with Crippen molar-refractivity contribution in [3.63, 3.8) is 0 Å². The molecule has 0 aliphatic rings. The molecule has 0 amide bonds. The molecule has 114 valence electrons. The maximum atomic E-state index is 12.8. The second-order valence-electron chi connectivity index (χ2n) is 4.52. The first-order valence-corrected chi connectivity index (χ1v) is 6.74. The summed E-state index contributed by atoms with van der Waals surface area (Å²) in [6.07, 6.45) is -4.49. The number of aromatic nitrogens is 2. The van der Waals surface area contributed by atoms with Crippen LogP contribution in [0.2, 0.25) is 10.0 Å². The lowest BCUT2D eigenvalue weighted by molar-refractivity contribution is -0.137. The number of rotatable bonds is 3. The molecule has 0 spiro atoms. The van der Waals surface area contributed by atoms with E-state index in [1.165, 1.54) is 12.1 Å². The number of anilines is 1. The lowest BCUT2D eigenvalue weighted by atomic mass is 10.2. The number of hydrogen-bond donors (Lipinski definition) is 1. The van der Waals surface area contributed by atoms with Gasteiger partial charge in [0, 0.05) is 12.7 Å². The second-order valence-corrected chi connectivity index (χ2v) is 5.30. The van der Waals surface area contributed by atoms with Crippen LogP contribution in [-0.4, -0.2) is 9.78 Å². The van der Waals surface area contributed by atoms with Crippen LogP contribution in [0.4, 0.5) is 18.9 Å². The third kappa shape index (κ3) is 3.44. The van der Waals surface area contributed by atoms with E-state index in [2.05, 4.69) is 10.4 Å². The fourth-order valence-electron chi connectivity index (χ4n) is 1.91. The van der Waals surface area contributed by atoms with Gasteiger partial charge in [-0.05, 0) is 25.1 Å². The highest BCUT2D eigenvalue weighted by Crippen LogP contribution is 2.36. The Morgan fingerprint density at radius 3 is 2.48 bits per heavy atom. The van der Waals surface area contributed by atoms with E-state index in [4.69, 9.17) is 23.2 Å². The molecule has 21 heavy (non-hydrogen) atoms. The van der Waals surface area contributed by atoms with Crippen LogP contribution in [0.5, 0.6) is 0 Å². The van der Waals surface area contributed by atoms with Crippen molar-refractivity contribution in [1.29, 1.82) is 0 Å². The first kappa shape index (κ1) is 16.0. The molecule has 0 unspecified atom stereocenters. The normalized spacial score (nSPS) is 11.8. The summed E-state index contributed by atoms with van der Waals surface area (Å²) in [6.45, 7) is 2.02. The predicted molar refractivity (Wildman–Crippen MR) is 76.7 cm³/mol. The third-order valence-electron chi connectivity index (χ3n) is 2.99. The molecule has 8 heteroatoms. The van der Waals surface area contributed by atoms with Gasteiger partial charge in [0.2, 0.25) is 0 Å². The van der Waals surface area contributed by atoms with Crippen LogP contribution in [0.15, 0.2) is 18.2 Å². The van der Waals surface area contributed by atoms with Crippen LogP contribution in [0.3, 0.4) is 0 Å². The Balaban J connectivity index is 2.21. The number of nitrogens with zero attached hydrogens (tertiary/aromatic N) is 2. The van der Waals surface area contributed by atoms with E-state index in [0.29, 0.717) is 22.1 Å². The molecule has 0 aliphatic heterocycles. The SMILES string of the molecule is Cc1nn(C)c(CNc2ccc(Cl)c(C(F)(F)F)c2)c1Cl. The molecule has 2 aromatic rings. The van der Waals surface area contributed by atoms with Crippen LogP contribution >= 0.6 is 23.2 Å². The zero-order valence-corrected chi connectivity index (χ0v) is 12.7. The van der Waals surface area contributed by atoms with Crippen molar-refractivity contribution < 1.29 is 13.2 Å². The molecule has 1 aromatic heterocycles. The first-order chi connectivity index (χ1) is 9.70. The highest BCUT2D eigenvalue weighted by Gasteiger charge is 2.33. The van der Waals surface area contributed by atoms with Crippen molar-refractivity contribution in [2.24, 2.45) is 7.05 Å². The Labute approximate surface area is 129 Å². The van der Waals surface area contributed by atoms with Gasteiger partial charge in [-0.1, -0.05) is 23.2 Å². The molecule has 0 fully saturated rings. The third-order valence-corrected chi connectivity index (χ3v) is 3.81. The molecule has 1 aromatic carbocycles. The Morgan fingerprint density at radius 2 is 1.95 bits per heavy atom. The fraction of sp³-hybridized carbons (Fsp3) is 0.308. The minimum atomic E-state index is -4.49. The van der Waals surface area contributed by atoms with E-state index in [0.717, 1.165) is 6.07 Å². The minimum absolute atomic E-state index is 0.259. The number of aryl methyl sites for hydroxylation is 2. The average molecular weight is 338 g/mol. The molecule has 1 N–H and O–H groups in total. The maximum Gasteiger partial charge on any atom is 0.417 e. The molecule has 0 radical (unpaired) electrons. The monoisotopic (exact) mass is 337 g/mol. The van der Waals surface area contributed by atoms with Gasteiger partial charge in [-0.3, -0.25) is 4.68 Å². The summed E-state index contributed by atoms with van der Waals surface area (Å²) in [4.78, 5) is 0. The first-order valence-electron chi connectivity index (χ1n) is 5.98.